The molecule has 4 aromatic carbocycles. The Balaban J connectivity index is 1.74. The van der Waals surface area contributed by atoms with Crippen LogP contribution in [0.5, 0.6) is 0 Å². The molecule has 1 amide bonds. The van der Waals surface area contributed by atoms with Gasteiger partial charge < -0.3 is 5.32 Å². The minimum atomic E-state index is -0.388. The first-order chi connectivity index (χ1) is 14.7. The Morgan fingerprint density at radius 3 is 1.53 bits per heavy atom. The Morgan fingerprint density at radius 1 is 0.600 bits per heavy atom. The lowest BCUT2D eigenvalue weighted by atomic mass is 9.89. The lowest BCUT2D eigenvalue weighted by Crippen LogP contribution is -2.34. The topological polar surface area (TPSA) is 29.1 Å². The van der Waals surface area contributed by atoms with E-state index in [1.54, 1.807) is 0 Å². The molecule has 0 fully saturated rings. The molecule has 3 heteroatoms. The molecule has 0 aliphatic rings. The van der Waals surface area contributed by atoms with Gasteiger partial charge in [-0.2, -0.15) is 0 Å². The van der Waals surface area contributed by atoms with E-state index in [1.165, 1.54) is 0 Å². The van der Waals surface area contributed by atoms with Crippen LogP contribution >= 0.6 is 15.9 Å². The van der Waals surface area contributed by atoms with Crippen molar-refractivity contribution in [3.05, 3.63) is 142 Å². The molecule has 0 heterocycles. The van der Waals surface area contributed by atoms with E-state index < -0.39 is 0 Å². The van der Waals surface area contributed by atoms with E-state index in [9.17, 15) is 4.79 Å². The number of carbonyl (C=O) groups is 1. The van der Waals surface area contributed by atoms with Crippen molar-refractivity contribution in [1.29, 1.82) is 0 Å². The van der Waals surface area contributed by atoms with Gasteiger partial charge in [0.15, 0.2) is 0 Å². The van der Waals surface area contributed by atoms with E-state index in [0.29, 0.717) is 0 Å². The average Bonchev–Trinajstić information content (AvgIpc) is 2.80. The Hall–Kier alpha value is -3.17. The largest absolute Gasteiger partial charge is 0.344 e. The third kappa shape index (κ3) is 4.52. The van der Waals surface area contributed by atoms with Gasteiger partial charge in [0, 0.05) is 4.47 Å². The molecule has 4 aromatic rings. The Morgan fingerprint density at radius 2 is 1.03 bits per heavy atom. The molecule has 4 rings (SSSR count). The highest BCUT2D eigenvalue weighted by atomic mass is 79.9. The molecule has 0 aliphatic heterocycles. The van der Waals surface area contributed by atoms with Gasteiger partial charge in [-0.3, -0.25) is 4.79 Å². The molecule has 0 spiro atoms. The first-order valence-electron chi connectivity index (χ1n) is 9.93. The molecular weight excluding hydrogens is 434 g/mol. The number of hydrogen-bond donors (Lipinski definition) is 1. The summed E-state index contributed by atoms with van der Waals surface area (Å²) in [7, 11) is 0. The lowest BCUT2D eigenvalue weighted by molar-refractivity contribution is -0.122. The van der Waals surface area contributed by atoms with Crippen LogP contribution in [0.3, 0.4) is 0 Å². The minimum Gasteiger partial charge on any atom is -0.344 e. The van der Waals surface area contributed by atoms with Crippen LogP contribution in [0.25, 0.3) is 0 Å². The van der Waals surface area contributed by atoms with E-state index in [0.717, 1.165) is 26.7 Å². The third-order valence-corrected chi connectivity index (χ3v) is 5.89. The van der Waals surface area contributed by atoms with Crippen LogP contribution in [0.15, 0.2) is 120 Å². The first kappa shape index (κ1) is 20.1. The fourth-order valence-corrected chi connectivity index (χ4v) is 4.22. The third-order valence-electron chi connectivity index (χ3n) is 5.16. The summed E-state index contributed by atoms with van der Waals surface area (Å²) in [6.07, 6.45) is 0. The summed E-state index contributed by atoms with van der Waals surface area (Å²) in [4.78, 5) is 13.7. The van der Waals surface area contributed by atoms with Crippen molar-refractivity contribution in [2.45, 2.75) is 12.0 Å². The highest BCUT2D eigenvalue weighted by Crippen LogP contribution is 2.31. The van der Waals surface area contributed by atoms with Crippen molar-refractivity contribution in [3.8, 4) is 0 Å². The predicted molar refractivity (Wildman–Crippen MR) is 125 cm³/mol. The highest BCUT2D eigenvalue weighted by Gasteiger charge is 2.26. The van der Waals surface area contributed by atoms with Gasteiger partial charge in [0.1, 0.15) is 0 Å². The van der Waals surface area contributed by atoms with Gasteiger partial charge >= 0.3 is 0 Å². The molecule has 0 saturated heterocycles. The number of rotatable bonds is 6. The highest BCUT2D eigenvalue weighted by molar-refractivity contribution is 9.10. The molecular formula is C27H22BrNO. The smallest absolute Gasteiger partial charge is 0.232 e. The van der Waals surface area contributed by atoms with Crippen molar-refractivity contribution in [2.75, 3.05) is 0 Å². The van der Waals surface area contributed by atoms with Gasteiger partial charge in [-0.25, -0.2) is 0 Å². The van der Waals surface area contributed by atoms with E-state index in [1.807, 2.05) is 115 Å². The van der Waals surface area contributed by atoms with Crippen LogP contribution in [-0.2, 0) is 4.79 Å². The standard InChI is InChI=1S/C27H22BrNO/c28-24-19-11-10-18-23(24)26(22-16-8-3-9-17-22)29-27(30)25(20-12-4-1-5-13-20)21-14-6-2-7-15-21/h1-19,25-26H,(H,29,30). The van der Waals surface area contributed by atoms with Gasteiger partial charge in [-0.1, -0.05) is 125 Å². The molecule has 2 nitrogen and oxygen atoms in total. The molecule has 0 radical (unpaired) electrons. The molecule has 0 saturated carbocycles. The van der Waals surface area contributed by atoms with Gasteiger partial charge in [0.2, 0.25) is 5.91 Å². The number of halogens is 1. The summed E-state index contributed by atoms with van der Waals surface area (Å²) in [6.45, 7) is 0. The van der Waals surface area contributed by atoms with Gasteiger partial charge in [-0.15, -0.1) is 0 Å². The number of carbonyl (C=O) groups excluding carboxylic acids is 1. The van der Waals surface area contributed by atoms with Gasteiger partial charge in [0.05, 0.1) is 12.0 Å². The Kier molecular flexibility index (Phi) is 6.41. The van der Waals surface area contributed by atoms with Crippen LogP contribution in [0, 0.1) is 0 Å². The molecule has 0 aliphatic carbocycles. The Labute approximate surface area is 185 Å². The predicted octanol–water partition coefficient (Wildman–Crippen LogP) is 6.49. The maximum atomic E-state index is 13.7. The van der Waals surface area contributed by atoms with Gasteiger partial charge in [-0.05, 0) is 28.3 Å². The summed E-state index contributed by atoms with van der Waals surface area (Å²) >= 11 is 3.66. The van der Waals surface area contributed by atoms with Gasteiger partial charge in [0.25, 0.3) is 0 Å². The zero-order valence-electron chi connectivity index (χ0n) is 16.4. The second-order valence-corrected chi connectivity index (χ2v) is 7.98. The molecule has 1 unspecified atom stereocenters. The molecule has 1 atom stereocenters. The maximum Gasteiger partial charge on any atom is 0.232 e. The summed E-state index contributed by atoms with van der Waals surface area (Å²) in [5, 5.41) is 3.32. The SMILES string of the molecule is O=C(NC(c1ccccc1)c1ccccc1Br)C(c1ccccc1)c1ccccc1. The average molecular weight is 456 g/mol. The van der Waals surface area contributed by atoms with Crippen molar-refractivity contribution in [1.82, 2.24) is 5.32 Å². The van der Waals surface area contributed by atoms with E-state index in [-0.39, 0.29) is 17.9 Å². The normalized spacial score (nSPS) is 11.8. The summed E-state index contributed by atoms with van der Waals surface area (Å²) < 4.78 is 0.968. The van der Waals surface area contributed by atoms with Crippen LogP contribution in [0.1, 0.15) is 34.2 Å². The maximum absolute atomic E-state index is 13.7. The number of nitrogens with one attached hydrogen (secondary N) is 1. The monoisotopic (exact) mass is 455 g/mol. The van der Waals surface area contributed by atoms with Crippen LogP contribution < -0.4 is 5.32 Å². The van der Waals surface area contributed by atoms with Crippen molar-refractivity contribution < 1.29 is 4.79 Å². The van der Waals surface area contributed by atoms with E-state index in [2.05, 4.69) is 21.2 Å². The summed E-state index contributed by atoms with van der Waals surface area (Å²) in [5.41, 5.74) is 4.01. The van der Waals surface area contributed by atoms with Crippen LogP contribution in [0.4, 0.5) is 0 Å². The number of benzene rings is 4. The summed E-state index contributed by atoms with van der Waals surface area (Å²) in [5.74, 6) is -0.418. The number of amides is 1. The van der Waals surface area contributed by atoms with Crippen molar-refractivity contribution >= 4 is 21.8 Å². The minimum absolute atomic E-state index is 0.0305. The zero-order chi connectivity index (χ0) is 20.8. The van der Waals surface area contributed by atoms with Crippen LogP contribution in [0.2, 0.25) is 0 Å². The number of hydrogen-bond acceptors (Lipinski definition) is 1. The molecule has 30 heavy (non-hydrogen) atoms. The Bertz CT molecular complexity index is 1060. The van der Waals surface area contributed by atoms with E-state index >= 15 is 0 Å². The van der Waals surface area contributed by atoms with Crippen LogP contribution in [-0.4, -0.2) is 5.91 Å². The molecule has 0 aromatic heterocycles. The second kappa shape index (κ2) is 9.55. The second-order valence-electron chi connectivity index (χ2n) is 7.13. The van der Waals surface area contributed by atoms with Crippen molar-refractivity contribution in [2.24, 2.45) is 0 Å². The molecule has 0 bridgehead atoms. The fraction of sp³-hybridized carbons (Fsp3) is 0.0741. The zero-order valence-corrected chi connectivity index (χ0v) is 18.0. The lowest BCUT2D eigenvalue weighted by Gasteiger charge is -2.25. The fourth-order valence-electron chi connectivity index (χ4n) is 3.71. The van der Waals surface area contributed by atoms with E-state index in [4.69, 9.17) is 0 Å². The first-order valence-corrected chi connectivity index (χ1v) is 10.7. The molecule has 1 N–H and O–H groups in total. The molecule has 148 valence electrons. The summed E-state index contributed by atoms with van der Waals surface area (Å²) in [6, 6.07) is 37.7. The quantitative estimate of drug-likeness (QED) is 0.353. The van der Waals surface area contributed by atoms with Crippen molar-refractivity contribution in [3.63, 3.8) is 0 Å².